The van der Waals surface area contributed by atoms with Gasteiger partial charge in [0.25, 0.3) is 0 Å². The van der Waals surface area contributed by atoms with Gasteiger partial charge in [-0.15, -0.1) is 0 Å². The first-order valence-electron chi connectivity index (χ1n) is 7.98. The van der Waals surface area contributed by atoms with Crippen molar-refractivity contribution in [3.8, 4) is 17.2 Å². The SMILES string of the molecule is CN=C(NCc1cc(OC)ccc1O)N(C)Cc1ccc(OC)cc1. The summed E-state index contributed by atoms with van der Waals surface area (Å²) in [6, 6.07) is 13.1. The quantitative estimate of drug-likeness (QED) is 0.623. The molecule has 0 bridgehead atoms. The van der Waals surface area contributed by atoms with Crippen molar-refractivity contribution < 1.29 is 14.6 Å². The molecule has 6 nitrogen and oxygen atoms in total. The van der Waals surface area contributed by atoms with E-state index >= 15 is 0 Å². The Hall–Kier alpha value is -2.89. The van der Waals surface area contributed by atoms with E-state index in [0.29, 0.717) is 18.8 Å². The molecule has 0 aliphatic heterocycles. The monoisotopic (exact) mass is 343 g/mol. The number of nitrogens with zero attached hydrogens (tertiary/aromatic N) is 2. The lowest BCUT2D eigenvalue weighted by Gasteiger charge is -2.22. The number of phenolic OH excluding ortho intramolecular Hbond substituents is 1. The van der Waals surface area contributed by atoms with Crippen molar-refractivity contribution >= 4 is 5.96 Å². The van der Waals surface area contributed by atoms with E-state index in [1.54, 1.807) is 39.5 Å². The molecule has 0 unspecified atom stereocenters. The van der Waals surface area contributed by atoms with E-state index in [2.05, 4.69) is 10.3 Å². The normalized spacial score (nSPS) is 11.1. The number of guanidine groups is 1. The third kappa shape index (κ3) is 5.04. The number of nitrogens with one attached hydrogen (secondary N) is 1. The Morgan fingerprint density at radius 2 is 1.72 bits per heavy atom. The number of rotatable bonds is 6. The molecule has 134 valence electrons. The van der Waals surface area contributed by atoms with Crippen LogP contribution in [0.25, 0.3) is 0 Å². The highest BCUT2D eigenvalue weighted by atomic mass is 16.5. The summed E-state index contributed by atoms with van der Waals surface area (Å²) in [6.45, 7) is 1.15. The number of hydrogen-bond acceptors (Lipinski definition) is 4. The summed E-state index contributed by atoms with van der Waals surface area (Å²) in [4.78, 5) is 6.31. The van der Waals surface area contributed by atoms with Crippen LogP contribution in [0.5, 0.6) is 17.2 Å². The number of ether oxygens (including phenoxy) is 2. The highest BCUT2D eigenvalue weighted by molar-refractivity contribution is 5.79. The molecule has 0 saturated heterocycles. The highest BCUT2D eigenvalue weighted by Crippen LogP contribution is 2.22. The van der Waals surface area contributed by atoms with E-state index in [0.717, 1.165) is 22.8 Å². The van der Waals surface area contributed by atoms with Crippen LogP contribution in [0.15, 0.2) is 47.5 Å². The van der Waals surface area contributed by atoms with Crippen LogP contribution in [0.1, 0.15) is 11.1 Å². The van der Waals surface area contributed by atoms with Crippen molar-refractivity contribution in [2.75, 3.05) is 28.3 Å². The van der Waals surface area contributed by atoms with Crippen LogP contribution in [0, 0.1) is 0 Å². The van der Waals surface area contributed by atoms with Gasteiger partial charge in [0, 0.05) is 32.7 Å². The largest absolute Gasteiger partial charge is 0.508 e. The number of benzene rings is 2. The van der Waals surface area contributed by atoms with Crippen molar-refractivity contribution in [1.29, 1.82) is 0 Å². The Morgan fingerprint density at radius 3 is 2.32 bits per heavy atom. The molecule has 2 rings (SSSR count). The van der Waals surface area contributed by atoms with Crippen molar-refractivity contribution in [2.24, 2.45) is 4.99 Å². The van der Waals surface area contributed by atoms with Crippen molar-refractivity contribution in [1.82, 2.24) is 10.2 Å². The summed E-state index contributed by atoms with van der Waals surface area (Å²) in [5.74, 6) is 2.50. The molecule has 0 radical (unpaired) electrons. The van der Waals surface area contributed by atoms with E-state index in [1.165, 1.54) is 0 Å². The van der Waals surface area contributed by atoms with Crippen molar-refractivity contribution in [3.05, 3.63) is 53.6 Å². The van der Waals surface area contributed by atoms with Gasteiger partial charge in [0.1, 0.15) is 17.2 Å². The molecular weight excluding hydrogens is 318 g/mol. The zero-order chi connectivity index (χ0) is 18.2. The van der Waals surface area contributed by atoms with Crippen LogP contribution in [-0.2, 0) is 13.1 Å². The molecule has 2 N–H and O–H groups in total. The molecule has 25 heavy (non-hydrogen) atoms. The molecule has 0 fully saturated rings. The second kappa shape index (κ2) is 8.82. The summed E-state index contributed by atoms with van der Waals surface area (Å²) in [5, 5.41) is 13.2. The summed E-state index contributed by atoms with van der Waals surface area (Å²) in [5.41, 5.74) is 1.90. The molecule has 0 spiro atoms. The zero-order valence-corrected chi connectivity index (χ0v) is 15.1. The minimum atomic E-state index is 0.224. The fourth-order valence-electron chi connectivity index (χ4n) is 2.47. The Morgan fingerprint density at radius 1 is 1.08 bits per heavy atom. The molecule has 0 aliphatic rings. The smallest absolute Gasteiger partial charge is 0.193 e. The maximum atomic E-state index is 9.98. The van der Waals surface area contributed by atoms with E-state index in [4.69, 9.17) is 9.47 Å². The van der Waals surface area contributed by atoms with Crippen LogP contribution in [-0.4, -0.2) is 44.3 Å². The summed E-state index contributed by atoms with van der Waals surface area (Å²) >= 11 is 0. The average molecular weight is 343 g/mol. The fourth-order valence-corrected chi connectivity index (χ4v) is 2.47. The molecule has 2 aromatic carbocycles. The Kier molecular flexibility index (Phi) is 6.51. The van der Waals surface area contributed by atoms with Gasteiger partial charge >= 0.3 is 0 Å². The molecule has 0 saturated carbocycles. The standard InChI is InChI=1S/C19H25N3O3/c1-20-19(21-12-15-11-17(25-4)9-10-18(15)23)22(2)13-14-5-7-16(24-3)8-6-14/h5-11,23H,12-13H2,1-4H3,(H,20,21). The van der Waals surface area contributed by atoms with Crippen LogP contribution < -0.4 is 14.8 Å². The van der Waals surface area contributed by atoms with Crippen LogP contribution in [0.3, 0.4) is 0 Å². The topological polar surface area (TPSA) is 66.3 Å². The minimum absolute atomic E-state index is 0.224. The zero-order valence-electron chi connectivity index (χ0n) is 15.1. The number of methoxy groups -OCH3 is 2. The number of aromatic hydroxyl groups is 1. The maximum absolute atomic E-state index is 9.98. The highest BCUT2D eigenvalue weighted by Gasteiger charge is 2.09. The predicted octanol–water partition coefficient (Wildman–Crippen LogP) is 2.62. The van der Waals surface area contributed by atoms with Gasteiger partial charge in [-0.05, 0) is 35.9 Å². The molecule has 0 aromatic heterocycles. The molecule has 0 amide bonds. The van der Waals surface area contributed by atoms with Gasteiger partial charge in [-0.25, -0.2) is 0 Å². The summed E-state index contributed by atoms with van der Waals surface area (Å²) in [6.07, 6.45) is 0. The molecule has 0 atom stereocenters. The average Bonchev–Trinajstić information content (AvgIpc) is 2.64. The van der Waals surface area contributed by atoms with E-state index in [-0.39, 0.29) is 5.75 Å². The first kappa shape index (κ1) is 18.4. The third-order valence-corrected chi connectivity index (χ3v) is 3.88. The number of hydrogen-bond donors (Lipinski definition) is 2. The fraction of sp³-hybridized carbons (Fsp3) is 0.316. The number of phenols is 1. The van der Waals surface area contributed by atoms with Gasteiger partial charge in [-0.2, -0.15) is 0 Å². The van der Waals surface area contributed by atoms with Crippen molar-refractivity contribution in [2.45, 2.75) is 13.1 Å². The maximum Gasteiger partial charge on any atom is 0.193 e. The Balaban J connectivity index is 1.99. The number of aliphatic imine (C=N–C) groups is 1. The predicted molar refractivity (Wildman–Crippen MR) is 99.3 cm³/mol. The van der Waals surface area contributed by atoms with Gasteiger partial charge in [-0.3, -0.25) is 4.99 Å². The third-order valence-electron chi connectivity index (χ3n) is 3.88. The Bertz CT molecular complexity index is 714. The van der Waals surface area contributed by atoms with Crippen LogP contribution >= 0.6 is 0 Å². The van der Waals surface area contributed by atoms with Gasteiger partial charge in [-0.1, -0.05) is 12.1 Å². The lowest BCUT2D eigenvalue weighted by atomic mass is 10.2. The molecular formula is C19H25N3O3. The minimum Gasteiger partial charge on any atom is -0.508 e. The van der Waals surface area contributed by atoms with Gasteiger partial charge in [0.2, 0.25) is 0 Å². The van der Waals surface area contributed by atoms with Gasteiger partial charge in [0.15, 0.2) is 5.96 Å². The lowest BCUT2D eigenvalue weighted by Crippen LogP contribution is -2.38. The molecule has 6 heteroatoms. The van der Waals surface area contributed by atoms with Crippen molar-refractivity contribution in [3.63, 3.8) is 0 Å². The first-order valence-corrected chi connectivity index (χ1v) is 7.98. The molecule has 0 heterocycles. The Labute approximate surface area is 148 Å². The molecule has 2 aromatic rings. The van der Waals surface area contributed by atoms with Crippen LogP contribution in [0.2, 0.25) is 0 Å². The summed E-state index contributed by atoms with van der Waals surface area (Å²) in [7, 11) is 6.95. The van der Waals surface area contributed by atoms with E-state index < -0.39 is 0 Å². The first-order chi connectivity index (χ1) is 12.1. The van der Waals surface area contributed by atoms with E-state index in [9.17, 15) is 5.11 Å². The second-order valence-electron chi connectivity index (χ2n) is 5.60. The second-order valence-corrected chi connectivity index (χ2v) is 5.60. The van der Waals surface area contributed by atoms with Gasteiger partial charge < -0.3 is 24.8 Å². The molecule has 0 aliphatic carbocycles. The van der Waals surface area contributed by atoms with Gasteiger partial charge in [0.05, 0.1) is 14.2 Å². The van der Waals surface area contributed by atoms with Crippen LogP contribution in [0.4, 0.5) is 0 Å². The lowest BCUT2D eigenvalue weighted by molar-refractivity contribution is 0.410. The van der Waals surface area contributed by atoms with E-state index in [1.807, 2.05) is 36.2 Å². The summed E-state index contributed by atoms with van der Waals surface area (Å²) < 4.78 is 10.4.